The van der Waals surface area contributed by atoms with Crippen molar-refractivity contribution in [3.8, 4) is 0 Å². The molecule has 0 aliphatic carbocycles. The van der Waals surface area contributed by atoms with Crippen molar-refractivity contribution in [2.45, 2.75) is 6.42 Å². The summed E-state index contributed by atoms with van der Waals surface area (Å²) >= 11 is 1.38. The van der Waals surface area contributed by atoms with Crippen molar-refractivity contribution in [2.75, 3.05) is 39.3 Å². The first-order valence-corrected chi connectivity index (χ1v) is 6.84. The SMILES string of the molecule is O=C(NCCCN1CCNCC1)c1cncs1. The smallest absolute Gasteiger partial charge is 0.262 e. The third-order valence-corrected chi connectivity index (χ3v) is 3.57. The summed E-state index contributed by atoms with van der Waals surface area (Å²) in [4.78, 5) is 18.6. The van der Waals surface area contributed by atoms with Gasteiger partial charge in [-0.2, -0.15) is 0 Å². The summed E-state index contributed by atoms with van der Waals surface area (Å²) in [6.45, 7) is 6.18. The van der Waals surface area contributed by atoms with Gasteiger partial charge in [0.15, 0.2) is 0 Å². The van der Waals surface area contributed by atoms with Crippen LogP contribution in [0.1, 0.15) is 16.1 Å². The number of hydrogen-bond acceptors (Lipinski definition) is 5. The van der Waals surface area contributed by atoms with Gasteiger partial charge in [-0.15, -0.1) is 11.3 Å². The fourth-order valence-corrected chi connectivity index (χ4v) is 2.39. The van der Waals surface area contributed by atoms with Gasteiger partial charge in [-0.25, -0.2) is 0 Å². The molecule has 1 aromatic heterocycles. The quantitative estimate of drug-likeness (QED) is 0.735. The van der Waals surface area contributed by atoms with Crippen LogP contribution in [0.15, 0.2) is 11.7 Å². The molecule has 1 aromatic rings. The standard InChI is InChI=1S/C11H18N4OS/c16-11(10-8-13-9-17-10)14-2-1-5-15-6-3-12-4-7-15/h8-9,12H,1-7H2,(H,14,16). The molecule has 1 fully saturated rings. The van der Waals surface area contributed by atoms with Crippen molar-refractivity contribution in [3.63, 3.8) is 0 Å². The van der Waals surface area contributed by atoms with E-state index >= 15 is 0 Å². The van der Waals surface area contributed by atoms with Gasteiger partial charge in [0.05, 0.1) is 11.7 Å². The lowest BCUT2D eigenvalue weighted by molar-refractivity contribution is 0.0955. The maximum absolute atomic E-state index is 11.6. The van der Waals surface area contributed by atoms with E-state index in [2.05, 4.69) is 20.5 Å². The van der Waals surface area contributed by atoms with E-state index < -0.39 is 0 Å². The van der Waals surface area contributed by atoms with E-state index in [1.54, 1.807) is 11.7 Å². The summed E-state index contributed by atoms with van der Waals surface area (Å²) in [5.74, 6) is -0.00666. The van der Waals surface area contributed by atoms with E-state index in [4.69, 9.17) is 0 Å². The number of aromatic nitrogens is 1. The molecule has 1 amide bonds. The fraction of sp³-hybridized carbons (Fsp3) is 0.636. The highest BCUT2D eigenvalue weighted by atomic mass is 32.1. The molecule has 2 rings (SSSR count). The van der Waals surface area contributed by atoms with E-state index in [9.17, 15) is 4.79 Å². The van der Waals surface area contributed by atoms with Crippen molar-refractivity contribution in [3.05, 3.63) is 16.6 Å². The molecule has 17 heavy (non-hydrogen) atoms. The Bertz CT molecular complexity index is 335. The molecule has 1 aliphatic heterocycles. The molecule has 0 radical (unpaired) electrons. The van der Waals surface area contributed by atoms with Crippen LogP contribution in [0.25, 0.3) is 0 Å². The Kier molecular flexibility index (Phi) is 4.90. The zero-order valence-electron chi connectivity index (χ0n) is 9.82. The molecule has 0 spiro atoms. The number of nitrogens with zero attached hydrogens (tertiary/aromatic N) is 2. The molecule has 0 saturated carbocycles. The summed E-state index contributed by atoms with van der Waals surface area (Å²) in [5.41, 5.74) is 1.68. The lowest BCUT2D eigenvalue weighted by atomic mass is 10.3. The van der Waals surface area contributed by atoms with Crippen molar-refractivity contribution in [2.24, 2.45) is 0 Å². The predicted octanol–water partition coefficient (Wildman–Crippen LogP) is 0.168. The van der Waals surface area contributed by atoms with E-state index in [0.717, 1.165) is 45.7 Å². The first-order chi connectivity index (χ1) is 8.36. The molecule has 2 N–H and O–H groups in total. The van der Waals surface area contributed by atoms with Crippen molar-refractivity contribution in [1.29, 1.82) is 0 Å². The number of hydrogen-bond donors (Lipinski definition) is 2. The largest absolute Gasteiger partial charge is 0.351 e. The zero-order valence-corrected chi connectivity index (χ0v) is 10.6. The normalized spacial score (nSPS) is 16.9. The van der Waals surface area contributed by atoms with Gasteiger partial charge in [0.2, 0.25) is 0 Å². The van der Waals surface area contributed by atoms with Gasteiger partial charge in [0.1, 0.15) is 4.88 Å². The zero-order chi connectivity index (χ0) is 11.9. The number of thiazole rings is 1. The third kappa shape index (κ3) is 4.07. The molecular weight excluding hydrogens is 236 g/mol. The van der Waals surface area contributed by atoms with Gasteiger partial charge >= 0.3 is 0 Å². The number of carbonyl (C=O) groups is 1. The third-order valence-electron chi connectivity index (χ3n) is 2.80. The highest BCUT2D eigenvalue weighted by molar-refractivity contribution is 7.11. The summed E-state index contributed by atoms with van der Waals surface area (Å²) in [6, 6.07) is 0. The number of carbonyl (C=O) groups excluding carboxylic acids is 1. The molecule has 6 heteroatoms. The lowest BCUT2D eigenvalue weighted by Gasteiger charge is -2.26. The number of amides is 1. The van der Waals surface area contributed by atoms with Crippen LogP contribution in [0.5, 0.6) is 0 Å². The minimum atomic E-state index is -0.00666. The molecule has 94 valence electrons. The topological polar surface area (TPSA) is 57.3 Å². The Morgan fingerprint density at radius 3 is 3.06 bits per heavy atom. The van der Waals surface area contributed by atoms with Gasteiger partial charge in [0.25, 0.3) is 5.91 Å². The second kappa shape index (κ2) is 6.68. The average molecular weight is 254 g/mol. The van der Waals surface area contributed by atoms with E-state index in [-0.39, 0.29) is 5.91 Å². The van der Waals surface area contributed by atoms with Crippen LogP contribution in [-0.4, -0.2) is 55.1 Å². The van der Waals surface area contributed by atoms with Gasteiger partial charge in [-0.05, 0) is 13.0 Å². The molecule has 0 aromatic carbocycles. The summed E-state index contributed by atoms with van der Waals surface area (Å²) in [7, 11) is 0. The summed E-state index contributed by atoms with van der Waals surface area (Å²) in [6.07, 6.45) is 2.61. The first kappa shape index (κ1) is 12.5. The Morgan fingerprint density at radius 2 is 2.35 bits per heavy atom. The highest BCUT2D eigenvalue weighted by Crippen LogP contribution is 2.04. The van der Waals surface area contributed by atoms with Crippen molar-refractivity contribution in [1.82, 2.24) is 20.5 Å². The molecule has 1 aliphatic rings. The average Bonchev–Trinajstić information content (AvgIpc) is 2.89. The van der Waals surface area contributed by atoms with Crippen LogP contribution in [-0.2, 0) is 0 Å². The first-order valence-electron chi connectivity index (χ1n) is 5.96. The molecular formula is C11H18N4OS. The van der Waals surface area contributed by atoms with Crippen LogP contribution >= 0.6 is 11.3 Å². The van der Waals surface area contributed by atoms with Gasteiger partial charge in [-0.1, -0.05) is 0 Å². The van der Waals surface area contributed by atoms with Crippen LogP contribution < -0.4 is 10.6 Å². The highest BCUT2D eigenvalue weighted by Gasteiger charge is 2.09. The van der Waals surface area contributed by atoms with Gasteiger partial charge in [0, 0.05) is 32.7 Å². The van der Waals surface area contributed by atoms with Gasteiger partial charge in [-0.3, -0.25) is 9.78 Å². The summed E-state index contributed by atoms with van der Waals surface area (Å²) < 4.78 is 0. The second-order valence-electron chi connectivity index (χ2n) is 4.07. The Balaban J connectivity index is 1.58. The molecule has 1 saturated heterocycles. The Hall–Kier alpha value is -0.980. The second-order valence-corrected chi connectivity index (χ2v) is 4.95. The lowest BCUT2D eigenvalue weighted by Crippen LogP contribution is -2.44. The monoisotopic (exact) mass is 254 g/mol. The van der Waals surface area contributed by atoms with E-state index in [0.29, 0.717) is 4.88 Å². The fourth-order valence-electron chi connectivity index (χ4n) is 1.85. The Labute approximate surface area is 105 Å². The molecule has 2 heterocycles. The van der Waals surface area contributed by atoms with Crippen LogP contribution in [0.4, 0.5) is 0 Å². The molecule has 0 bridgehead atoms. The van der Waals surface area contributed by atoms with Gasteiger partial charge < -0.3 is 15.5 Å². The van der Waals surface area contributed by atoms with E-state index in [1.165, 1.54) is 11.3 Å². The molecule has 0 atom stereocenters. The maximum atomic E-state index is 11.6. The van der Waals surface area contributed by atoms with Crippen LogP contribution in [0.3, 0.4) is 0 Å². The molecule has 0 unspecified atom stereocenters. The van der Waals surface area contributed by atoms with Crippen molar-refractivity contribution >= 4 is 17.2 Å². The van der Waals surface area contributed by atoms with Crippen LogP contribution in [0, 0.1) is 0 Å². The summed E-state index contributed by atoms with van der Waals surface area (Å²) in [5, 5.41) is 6.24. The van der Waals surface area contributed by atoms with Crippen molar-refractivity contribution < 1.29 is 4.79 Å². The Morgan fingerprint density at radius 1 is 1.53 bits per heavy atom. The number of piperazine rings is 1. The van der Waals surface area contributed by atoms with E-state index in [1.807, 2.05) is 0 Å². The minimum Gasteiger partial charge on any atom is -0.351 e. The predicted molar refractivity (Wildman–Crippen MR) is 68.4 cm³/mol. The number of rotatable bonds is 5. The molecule has 5 nitrogen and oxygen atoms in total. The maximum Gasteiger partial charge on any atom is 0.262 e. The minimum absolute atomic E-state index is 0.00666. The number of nitrogens with one attached hydrogen (secondary N) is 2. The van der Waals surface area contributed by atoms with Crippen LogP contribution in [0.2, 0.25) is 0 Å².